The number of hydrogen-bond donors (Lipinski definition) is 3. The fourth-order valence-corrected chi connectivity index (χ4v) is 3.90. The first-order chi connectivity index (χ1) is 14.8. The van der Waals surface area contributed by atoms with Crippen molar-refractivity contribution < 1.29 is 31.9 Å². The van der Waals surface area contributed by atoms with Crippen LogP contribution < -0.4 is 14.9 Å². The van der Waals surface area contributed by atoms with Crippen LogP contribution in [-0.2, 0) is 20.8 Å². The van der Waals surface area contributed by atoms with Crippen LogP contribution in [0.5, 0.6) is 0 Å². The molecular weight excluding hydrogens is 434 g/mol. The van der Waals surface area contributed by atoms with Gasteiger partial charge in [0.05, 0.1) is 11.3 Å². The van der Waals surface area contributed by atoms with Gasteiger partial charge in [-0.3, -0.25) is 18.4 Å². The van der Waals surface area contributed by atoms with Crippen LogP contribution >= 0.6 is 0 Å². The minimum absolute atomic E-state index is 0.00896. The SMILES string of the molecule is CC(=O)Nc1ccc(C(=O)Nc2c(F)ccc(N(C3CCOCC3)S(=O)O)c2F)cn1. The average Bonchev–Trinajstić information content (AvgIpc) is 2.73. The average molecular weight is 454 g/mol. The highest BCUT2D eigenvalue weighted by Crippen LogP contribution is 2.32. The van der Waals surface area contributed by atoms with E-state index in [9.17, 15) is 22.7 Å². The number of halogens is 2. The molecule has 3 rings (SSSR count). The zero-order valence-corrected chi connectivity index (χ0v) is 17.2. The third-order valence-corrected chi connectivity index (χ3v) is 5.40. The zero-order chi connectivity index (χ0) is 22.5. The van der Waals surface area contributed by atoms with Crippen molar-refractivity contribution in [3.05, 3.63) is 47.7 Å². The van der Waals surface area contributed by atoms with Gasteiger partial charge < -0.3 is 15.4 Å². The van der Waals surface area contributed by atoms with E-state index in [0.717, 1.165) is 22.6 Å². The summed E-state index contributed by atoms with van der Waals surface area (Å²) < 4.78 is 57.3. The first kappa shape index (κ1) is 22.7. The Balaban J connectivity index is 1.87. The van der Waals surface area contributed by atoms with Crippen LogP contribution in [0, 0.1) is 11.6 Å². The summed E-state index contributed by atoms with van der Waals surface area (Å²) in [6, 6.07) is 4.15. The van der Waals surface area contributed by atoms with Crippen molar-refractivity contribution in [2.75, 3.05) is 28.2 Å². The van der Waals surface area contributed by atoms with Crippen molar-refractivity contribution in [1.29, 1.82) is 0 Å². The molecule has 2 heterocycles. The lowest BCUT2D eigenvalue weighted by Crippen LogP contribution is -2.41. The number of hydrogen-bond acceptors (Lipinski definition) is 5. The van der Waals surface area contributed by atoms with Crippen LogP contribution in [0.4, 0.5) is 26.0 Å². The van der Waals surface area contributed by atoms with E-state index >= 15 is 4.39 Å². The van der Waals surface area contributed by atoms with Gasteiger partial charge in [-0.2, -0.15) is 0 Å². The number of anilines is 3. The molecule has 1 aliphatic heterocycles. The molecule has 0 saturated carbocycles. The number of nitrogens with one attached hydrogen (secondary N) is 2. The van der Waals surface area contributed by atoms with Gasteiger partial charge in [0, 0.05) is 32.4 Å². The number of rotatable bonds is 6. The summed E-state index contributed by atoms with van der Waals surface area (Å²) in [5, 5.41) is 4.58. The molecule has 0 bridgehead atoms. The molecule has 9 nitrogen and oxygen atoms in total. The quantitative estimate of drug-likeness (QED) is 0.577. The Morgan fingerprint density at radius 2 is 1.90 bits per heavy atom. The van der Waals surface area contributed by atoms with Crippen LogP contribution in [-0.4, -0.2) is 44.8 Å². The normalized spacial score (nSPS) is 15.2. The van der Waals surface area contributed by atoms with Crippen molar-refractivity contribution >= 4 is 40.3 Å². The molecule has 1 aromatic heterocycles. The van der Waals surface area contributed by atoms with Crippen molar-refractivity contribution in [2.24, 2.45) is 0 Å². The van der Waals surface area contributed by atoms with Crippen molar-refractivity contribution in [3.8, 4) is 0 Å². The third kappa shape index (κ3) is 5.40. The van der Waals surface area contributed by atoms with Crippen LogP contribution in [0.15, 0.2) is 30.5 Å². The topological polar surface area (TPSA) is 121 Å². The molecule has 1 aliphatic rings. The Morgan fingerprint density at radius 3 is 2.48 bits per heavy atom. The largest absolute Gasteiger partial charge is 0.381 e. The van der Waals surface area contributed by atoms with Crippen molar-refractivity contribution in [3.63, 3.8) is 0 Å². The lowest BCUT2D eigenvalue weighted by molar-refractivity contribution is -0.114. The van der Waals surface area contributed by atoms with Gasteiger partial charge in [0.15, 0.2) is 5.82 Å². The number of aromatic nitrogens is 1. The molecular formula is C19H20F2N4O5S. The van der Waals surface area contributed by atoms with E-state index in [1.807, 2.05) is 0 Å². The molecule has 0 radical (unpaired) electrons. The van der Waals surface area contributed by atoms with Crippen LogP contribution in [0.3, 0.4) is 0 Å². The summed E-state index contributed by atoms with van der Waals surface area (Å²) in [6.45, 7) is 1.97. The highest BCUT2D eigenvalue weighted by atomic mass is 32.2. The minimum atomic E-state index is -2.58. The first-order valence-electron chi connectivity index (χ1n) is 9.29. The highest BCUT2D eigenvalue weighted by molar-refractivity contribution is 7.80. The van der Waals surface area contributed by atoms with Gasteiger partial charge in [-0.05, 0) is 37.1 Å². The summed E-state index contributed by atoms with van der Waals surface area (Å²) >= 11 is -2.58. The van der Waals surface area contributed by atoms with Gasteiger partial charge in [-0.1, -0.05) is 0 Å². The molecule has 12 heteroatoms. The number of pyridine rings is 1. The van der Waals surface area contributed by atoms with Crippen molar-refractivity contribution in [1.82, 2.24) is 4.98 Å². The number of carbonyl (C=O) groups excluding carboxylic acids is 2. The number of benzene rings is 1. The minimum Gasteiger partial charge on any atom is -0.381 e. The molecule has 0 aliphatic carbocycles. The van der Waals surface area contributed by atoms with Gasteiger partial charge in [0.1, 0.15) is 17.3 Å². The van der Waals surface area contributed by atoms with E-state index < -0.39 is 40.5 Å². The Kier molecular flexibility index (Phi) is 7.25. The van der Waals surface area contributed by atoms with Gasteiger partial charge in [-0.15, -0.1) is 0 Å². The van der Waals surface area contributed by atoms with E-state index in [1.54, 1.807) is 0 Å². The molecule has 0 spiro atoms. The van der Waals surface area contributed by atoms with Gasteiger partial charge >= 0.3 is 0 Å². The van der Waals surface area contributed by atoms with Gasteiger partial charge in [0.25, 0.3) is 17.2 Å². The monoisotopic (exact) mass is 454 g/mol. The Hall–Kier alpha value is -2.96. The third-order valence-electron chi connectivity index (χ3n) is 4.57. The molecule has 1 fully saturated rings. The number of carbonyl (C=O) groups is 2. The van der Waals surface area contributed by atoms with E-state index in [0.29, 0.717) is 26.1 Å². The molecule has 2 aromatic rings. The van der Waals surface area contributed by atoms with Gasteiger partial charge in [-0.25, -0.2) is 18.0 Å². The van der Waals surface area contributed by atoms with E-state index in [4.69, 9.17) is 4.74 Å². The molecule has 3 N–H and O–H groups in total. The fourth-order valence-electron chi connectivity index (χ4n) is 3.12. The predicted octanol–water partition coefficient (Wildman–Crippen LogP) is 2.69. The molecule has 1 unspecified atom stereocenters. The molecule has 1 aromatic carbocycles. The second kappa shape index (κ2) is 9.90. The maximum atomic E-state index is 15.1. The summed E-state index contributed by atoms with van der Waals surface area (Å²) in [7, 11) is 0. The Morgan fingerprint density at radius 1 is 1.19 bits per heavy atom. The number of amides is 2. The lowest BCUT2D eigenvalue weighted by Gasteiger charge is -2.33. The Labute approximate surface area is 179 Å². The van der Waals surface area contributed by atoms with Crippen molar-refractivity contribution in [2.45, 2.75) is 25.8 Å². The first-order valence-corrected chi connectivity index (χ1v) is 10.3. The smallest absolute Gasteiger partial charge is 0.262 e. The molecule has 166 valence electrons. The zero-order valence-electron chi connectivity index (χ0n) is 16.4. The second-order valence-corrected chi connectivity index (χ2v) is 7.58. The highest BCUT2D eigenvalue weighted by Gasteiger charge is 2.30. The number of nitrogens with zero attached hydrogens (tertiary/aromatic N) is 2. The van der Waals surface area contributed by atoms with E-state index in [2.05, 4.69) is 15.6 Å². The predicted molar refractivity (Wildman–Crippen MR) is 110 cm³/mol. The van der Waals surface area contributed by atoms with Crippen LogP contribution in [0.2, 0.25) is 0 Å². The maximum absolute atomic E-state index is 15.1. The standard InChI is InChI=1S/C19H20F2N4O5S/c1-11(26)23-16-5-2-12(10-22-16)19(27)24-18-14(20)3-4-15(17(18)21)25(31(28)29)13-6-8-30-9-7-13/h2-5,10,13H,6-9H2,1H3,(H,24,27)(H,28,29)(H,22,23,26). The number of ether oxygens (including phenoxy) is 1. The summed E-state index contributed by atoms with van der Waals surface area (Å²) in [5.41, 5.74) is -1.08. The molecule has 31 heavy (non-hydrogen) atoms. The molecule has 1 atom stereocenters. The summed E-state index contributed by atoms with van der Waals surface area (Å²) in [6.07, 6.45) is 1.91. The molecule has 2 amide bonds. The van der Waals surface area contributed by atoms with Crippen LogP contribution in [0.25, 0.3) is 0 Å². The maximum Gasteiger partial charge on any atom is 0.262 e. The van der Waals surface area contributed by atoms with E-state index in [-0.39, 0.29) is 23.0 Å². The van der Waals surface area contributed by atoms with Crippen LogP contribution in [0.1, 0.15) is 30.1 Å². The lowest BCUT2D eigenvalue weighted by atomic mass is 10.1. The summed E-state index contributed by atoms with van der Waals surface area (Å²) in [5.74, 6) is -3.21. The van der Waals surface area contributed by atoms with E-state index in [1.165, 1.54) is 19.1 Å². The fraction of sp³-hybridized carbons (Fsp3) is 0.316. The Bertz CT molecular complexity index is 1000. The second-order valence-electron chi connectivity index (χ2n) is 6.72. The summed E-state index contributed by atoms with van der Waals surface area (Å²) in [4.78, 5) is 27.4. The van der Waals surface area contributed by atoms with Gasteiger partial charge in [0.2, 0.25) is 5.91 Å². The molecule has 1 saturated heterocycles.